The number of methoxy groups -OCH3 is 1. The Balaban J connectivity index is 1.73. The standard InChI is InChI=1S/C19H23N3O6S/c1-12-17(13(2)28-21-12)18(23)20-15-6-8-16(9-7-15)29(25,26)22-10-4-5-14(11-22)19(24)27-3/h6-9,14H,4-5,10-11H2,1-3H3,(H,20,23)/t14-/m0/s1. The summed E-state index contributed by atoms with van der Waals surface area (Å²) in [6.45, 7) is 3.76. The maximum absolute atomic E-state index is 12.9. The first-order chi connectivity index (χ1) is 13.7. The van der Waals surface area contributed by atoms with Gasteiger partial charge in [0.2, 0.25) is 10.0 Å². The number of rotatable bonds is 5. The molecule has 0 unspecified atom stereocenters. The molecule has 1 N–H and O–H groups in total. The van der Waals surface area contributed by atoms with Gasteiger partial charge in [0.05, 0.1) is 23.6 Å². The Morgan fingerprint density at radius 2 is 1.93 bits per heavy atom. The SMILES string of the molecule is COC(=O)[C@H]1CCCN(S(=O)(=O)c2ccc(NC(=O)c3c(C)noc3C)cc2)C1. The van der Waals surface area contributed by atoms with E-state index in [0.717, 1.165) is 0 Å². The minimum Gasteiger partial charge on any atom is -0.469 e. The van der Waals surface area contributed by atoms with Gasteiger partial charge in [-0.3, -0.25) is 9.59 Å². The molecule has 2 aromatic rings. The lowest BCUT2D eigenvalue weighted by molar-refractivity contribution is -0.146. The number of ether oxygens (including phenoxy) is 1. The molecule has 0 radical (unpaired) electrons. The Kier molecular flexibility index (Phi) is 6.04. The van der Waals surface area contributed by atoms with E-state index in [1.165, 1.54) is 35.7 Å². The summed E-state index contributed by atoms with van der Waals surface area (Å²) in [6.07, 6.45) is 1.19. The summed E-state index contributed by atoms with van der Waals surface area (Å²) >= 11 is 0. The van der Waals surface area contributed by atoms with Crippen molar-refractivity contribution in [2.45, 2.75) is 31.6 Å². The van der Waals surface area contributed by atoms with Gasteiger partial charge >= 0.3 is 5.97 Å². The summed E-state index contributed by atoms with van der Waals surface area (Å²) in [7, 11) is -2.45. The molecule has 2 heterocycles. The van der Waals surface area contributed by atoms with Crippen LogP contribution in [0.3, 0.4) is 0 Å². The minimum absolute atomic E-state index is 0.0957. The van der Waals surface area contributed by atoms with Crippen molar-refractivity contribution in [1.82, 2.24) is 9.46 Å². The van der Waals surface area contributed by atoms with Gasteiger partial charge in [-0.15, -0.1) is 0 Å². The molecule has 1 aliphatic rings. The average Bonchev–Trinajstić information content (AvgIpc) is 3.06. The molecule has 1 amide bonds. The van der Waals surface area contributed by atoms with Crippen molar-refractivity contribution in [1.29, 1.82) is 0 Å². The number of aromatic nitrogens is 1. The Labute approximate surface area is 169 Å². The highest BCUT2D eigenvalue weighted by molar-refractivity contribution is 7.89. The zero-order valence-corrected chi connectivity index (χ0v) is 17.3. The van der Waals surface area contributed by atoms with Gasteiger partial charge < -0.3 is 14.6 Å². The smallest absolute Gasteiger partial charge is 0.309 e. The highest BCUT2D eigenvalue weighted by atomic mass is 32.2. The van der Waals surface area contributed by atoms with Gasteiger partial charge in [0, 0.05) is 18.8 Å². The summed E-state index contributed by atoms with van der Waals surface area (Å²) in [5, 5.41) is 6.45. The number of piperidine rings is 1. The van der Waals surface area contributed by atoms with Crippen molar-refractivity contribution in [2.24, 2.45) is 5.92 Å². The van der Waals surface area contributed by atoms with E-state index in [1.807, 2.05) is 0 Å². The molecule has 0 aliphatic carbocycles. The van der Waals surface area contributed by atoms with Crippen LogP contribution < -0.4 is 5.32 Å². The van der Waals surface area contributed by atoms with Crippen molar-refractivity contribution in [3.8, 4) is 0 Å². The van der Waals surface area contributed by atoms with E-state index in [1.54, 1.807) is 13.8 Å². The zero-order valence-electron chi connectivity index (χ0n) is 16.5. The molecular weight excluding hydrogens is 398 g/mol. The number of anilines is 1. The molecule has 10 heteroatoms. The summed E-state index contributed by atoms with van der Waals surface area (Å²) in [4.78, 5) is 24.3. The predicted octanol–water partition coefficient (Wildman–Crippen LogP) is 2.12. The molecule has 1 aliphatic heterocycles. The monoisotopic (exact) mass is 421 g/mol. The first-order valence-electron chi connectivity index (χ1n) is 9.16. The number of nitrogens with zero attached hydrogens (tertiary/aromatic N) is 2. The number of hydrogen-bond acceptors (Lipinski definition) is 7. The van der Waals surface area contributed by atoms with Crippen molar-refractivity contribution in [2.75, 3.05) is 25.5 Å². The number of amides is 1. The average molecular weight is 421 g/mol. The van der Waals surface area contributed by atoms with Crippen molar-refractivity contribution in [3.05, 3.63) is 41.3 Å². The fraction of sp³-hybridized carbons (Fsp3) is 0.421. The van der Waals surface area contributed by atoms with Crippen LogP contribution in [0.5, 0.6) is 0 Å². The largest absolute Gasteiger partial charge is 0.469 e. The first-order valence-corrected chi connectivity index (χ1v) is 10.6. The maximum Gasteiger partial charge on any atom is 0.309 e. The second kappa shape index (κ2) is 8.34. The van der Waals surface area contributed by atoms with E-state index in [2.05, 4.69) is 10.5 Å². The van der Waals surface area contributed by atoms with E-state index in [4.69, 9.17) is 9.26 Å². The zero-order chi connectivity index (χ0) is 21.2. The first kappa shape index (κ1) is 21.0. The van der Waals surface area contributed by atoms with Gasteiger partial charge in [0.25, 0.3) is 5.91 Å². The topological polar surface area (TPSA) is 119 Å². The molecule has 9 nitrogen and oxygen atoms in total. The van der Waals surface area contributed by atoms with Crippen molar-refractivity contribution < 1.29 is 27.3 Å². The molecule has 0 spiro atoms. The van der Waals surface area contributed by atoms with Crippen LogP contribution in [0, 0.1) is 19.8 Å². The predicted molar refractivity (Wildman–Crippen MR) is 104 cm³/mol. The Hall–Kier alpha value is -2.72. The van der Waals surface area contributed by atoms with Gasteiger partial charge in [-0.25, -0.2) is 8.42 Å². The Morgan fingerprint density at radius 3 is 2.52 bits per heavy atom. The molecule has 0 bridgehead atoms. The molecule has 1 aromatic heterocycles. The van der Waals surface area contributed by atoms with Crippen LogP contribution in [0.25, 0.3) is 0 Å². The van der Waals surface area contributed by atoms with Gasteiger partial charge in [-0.1, -0.05) is 5.16 Å². The normalized spacial score (nSPS) is 17.7. The number of carbonyl (C=O) groups is 2. The van der Waals surface area contributed by atoms with Crippen LogP contribution in [0.15, 0.2) is 33.7 Å². The number of hydrogen-bond donors (Lipinski definition) is 1. The quantitative estimate of drug-likeness (QED) is 0.735. The molecule has 1 aromatic carbocycles. The lowest BCUT2D eigenvalue weighted by Gasteiger charge is -2.30. The third-order valence-electron chi connectivity index (χ3n) is 4.93. The Morgan fingerprint density at radius 1 is 1.24 bits per heavy atom. The fourth-order valence-corrected chi connectivity index (χ4v) is 4.90. The number of esters is 1. The van der Waals surface area contributed by atoms with Crippen LogP contribution >= 0.6 is 0 Å². The molecular formula is C19H23N3O6S. The number of benzene rings is 1. The highest BCUT2D eigenvalue weighted by Crippen LogP contribution is 2.25. The summed E-state index contributed by atoms with van der Waals surface area (Å²) in [6, 6.07) is 5.90. The van der Waals surface area contributed by atoms with Gasteiger partial charge in [0.1, 0.15) is 11.3 Å². The van der Waals surface area contributed by atoms with Crippen LogP contribution in [-0.2, 0) is 19.6 Å². The number of carbonyl (C=O) groups excluding carboxylic acids is 2. The number of aryl methyl sites for hydroxylation is 2. The van der Waals surface area contributed by atoms with Crippen LogP contribution in [0.4, 0.5) is 5.69 Å². The van der Waals surface area contributed by atoms with Crippen LogP contribution in [-0.4, -0.2) is 50.0 Å². The lowest BCUT2D eigenvalue weighted by atomic mass is 10.0. The van der Waals surface area contributed by atoms with E-state index in [0.29, 0.717) is 42.1 Å². The molecule has 1 fully saturated rings. The molecule has 29 heavy (non-hydrogen) atoms. The number of sulfonamides is 1. The molecule has 156 valence electrons. The molecule has 1 atom stereocenters. The van der Waals surface area contributed by atoms with Crippen LogP contribution in [0.1, 0.15) is 34.7 Å². The van der Waals surface area contributed by atoms with Gasteiger partial charge in [0.15, 0.2) is 0 Å². The second-order valence-corrected chi connectivity index (χ2v) is 8.84. The van der Waals surface area contributed by atoms with Gasteiger partial charge in [-0.05, 0) is 51.0 Å². The summed E-state index contributed by atoms with van der Waals surface area (Å²) in [5.74, 6) is -0.835. The summed E-state index contributed by atoms with van der Waals surface area (Å²) < 4.78 is 36.9. The Bertz CT molecular complexity index is 994. The van der Waals surface area contributed by atoms with E-state index in [-0.39, 0.29) is 17.3 Å². The van der Waals surface area contributed by atoms with E-state index in [9.17, 15) is 18.0 Å². The van der Waals surface area contributed by atoms with Gasteiger partial charge in [-0.2, -0.15) is 4.31 Å². The van der Waals surface area contributed by atoms with Crippen LogP contribution in [0.2, 0.25) is 0 Å². The van der Waals surface area contributed by atoms with Crippen molar-refractivity contribution in [3.63, 3.8) is 0 Å². The summed E-state index contributed by atoms with van der Waals surface area (Å²) in [5.41, 5.74) is 1.27. The molecule has 3 rings (SSSR count). The number of nitrogens with one attached hydrogen (secondary N) is 1. The van der Waals surface area contributed by atoms with Crippen molar-refractivity contribution >= 4 is 27.6 Å². The van der Waals surface area contributed by atoms with E-state index < -0.39 is 21.9 Å². The third-order valence-corrected chi connectivity index (χ3v) is 6.81. The molecule has 0 saturated carbocycles. The molecule has 1 saturated heterocycles. The highest BCUT2D eigenvalue weighted by Gasteiger charge is 2.33. The fourth-order valence-electron chi connectivity index (χ4n) is 3.38. The third kappa shape index (κ3) is 4.33. The second-order valence-electron chi connectivity index (χ2n) is 6.90. The minimum atomic E-state index is -3.75. The lowest BCUT2D eigenvalue weighted by Crippen LogP contribution is -2.42. The van der Waals surface area contributed by atoms with E-state index >= 15 is 0 Å². The maximum atomic E-state index is 12.9.